The van der Waals surface area contributed by atoms with Gasteiger partial charge in [-0.05, 0) is 29.3 Å². The number of carbonyl (C=O) groups is 1. The van der Waals surface area contributed by atoms with Gasteiger partial charge in [-0.2, -0.15) is 0 Å². The van der Waals surface area contributed by atoms with Gasteiger partial charge in [0.25, 0.3) is 0 Å². The first-order chi connectivity index (χ1) is 10.6. The van der Waals surface area contributed by atoms with E-state index in [0.29, 0.717) is 33.1 Å². The van der Waals surface area contributed by atoms with E-state index in [0.717, 1.165) is 11.1 Å². The topological polar surface area (TPSA) is 29.1 Å². The second-order valence-electron chi connectivity index (χ2n) is 4.56. The average Bonchev–Trinajstić information content (AvgIpc) is 2.49. The number of benzene rings is 2. The van der Waals surface area contributed by atoms with Crippen molar-refractivity contribution in [1.29, 1.82) is 0 Å². The number of carbonyl (C=O) groups excluding carboxylic acids is 1. The van der Waals surface area contributed by atoms with Crippen LogP contribution in [0, 0.1) is 0 Å². The number of halogens is 3. The molecule has 0 heterocycles. The molecule has 2 aromatic carbocycles. The summed E-state index contributed by atoms with van der Waals surface area (Å²) in [6, 6.07) is 12.8. The monoisotopic (exact) mass is 373 g/mol. The van der Waals surface area contributed by atoms with E-state index in [1.807, 2.05) is 18.2 Å². The molecule has 22 heavy (non-hydrogen) atoms. The minimum Gasteiger partial charge on any atom is -0.351 e. The molecule has 0 saturated carbocycles. The third kappa shape index (κ3) is 5.10. The predicted octanol–water partition coefficient (Wildman–Crippen LogP) is 5.20. The Morgan fingerprint density at radius 2 is 1.59 bits per heavy atom. The molecule has 0 saturated heterocycles. The van der Waals surface area contributed by atoms with E-state index in [4.69, 9.17) is 34.8 Å². The number of amides is 1. The van der Waals surface area contributed by atoms with Crippen LogP contribution < -0.4 is 5.32 Å². The summed E-state index contributed by atoms with van der Waals surface area (Å²) in [6.45, 7) is 0.423. The molecule has 2 nitrogen and oxygen atoms in total. The van der Waals surface area contributed by atoms with E-state index in [2.05, 4.69) is 5.32 Å². The molecule has 0 aliphatic heterocycles. The molecule has 0 radical (unpaired) electrons. The number of nitrogens with one attached hydrogen (secondary N) is 1. The Morgan fingerprint density at radius 1 is 0.955 bits per heavy atom. The van der Waals surface area contributed by atoms with Crippen LogP contribution in [0.3, 0.4) is 0 Å². The highest BCUT2D eigenvalue weighted by atomic mass is 35.5. The summed E-state index contributed by atoms with van der Waals surface area (Å²) < 4.78 is 0. The summed E-state index contributed by atoms with van der Waals surface area (Å²) in [6.07, 6.45) is 0. The molecular weight excluding hydrogens is 361 g/mol. The van der Waals surface area contributed by atoms with Gasteiger partial charge in [0, 0.05) is 27.4 Å². The fourth-order valence-corrected chi connectivity index (χ4v) is 3.60. The minimum absolute atomic E-state index is 0.0481. The van der Waals surface area contributed by atoms with Gasteiger partial charge in [0.05, 0.1) is 5.75 Å². The Morgan fingerprint density at radius 3 is 2.27 bits per heavy atom. The molecule has 0 spiro atoms. The molecule has 1 N–H and O–H groups in total. The van der Waals surface area contributed by atoms with Crippen molar-refractivity contribution in [3.63, 3.8) is 0 Å². The molecular formula is C16H14Cl3NOS. The number of hydrogen-bond acceptors (Lipinski definition) is 2. The highest BCUT2D eigenvalue weighted by molar-refractivity contribution is 7.99. The van der Waals surface area contributed by atoms with Crippen LogP contribution in [-0.2, 0) is 17.1 Å². The Hall–Kier alpha value is -0.870. The van der Waals surface area contributed by atoms with E-state index in [1.165, 1.54) is 11.8 Å². The van der Waals surface area contributed by atoms with Crippen molar-refractivity contribution in [2.45, 2.75) is 12.3 Å². The van der Waals surface area contributed by atoms with E-state index in [1.54, 1.807) is 24.3 Å². The van der Waals surface area contributed by atoms with Crippen molar-refractivity contribution in [1.82, 2.24) is 5.32 Å². The summed E-state index contributed by atoms with van der Waals surface area (Å²) in [5.41, 5.74) is 1.76. The third-order valence-corrected chi connectivity index (χ3v) is 5.01. The maximum Gasteiger partial charge on any atom is 0.230 e. The maximum absolute atomic E-state index is 11.8. The van der Waals surface area contributed by atoms with Gasteiger partial charge in [0.2, 0.25) is 5.91 Å². The van der Waals surface area contributed by atoms with Crippen molar-refractivity contribution >= 4 is 52.5 Å². The largest absolute Gasteiger partial charge is 0.351 e. The van der Waals surface area contributed by atoms with Crippen molar-refractivity contribution in [2.24, 2.45) is 0 Å². The molecule has 116 valence electrons. The first-order valence-electron chi connectivity index (χ1n) is 6.58. The predicted molar refractivity (Wildman–Crippen MR) is 95.9 cm³/mol. The van der Waals surface area contributed by atoms with Crippen LogP contribution in [0.1, 0.15) is 11.1 Å². The normalized spacial score (nSPS) is 10.5. The van der Waals surface area contributed by atoms with Crippen molar-refractivity contribution in [3.05, 3.63) is 68.7 Å². The SMILES string of the molecule is O=C(CSCc1c(Cl)cccc1Cl)NCc1ccccc1Cl. The van der Waals surface area contributed by atoms with E-state index in [9.17, 15) is 4.79 Å². The van der Waals surface area contributed by atoms with Gasteiger partial charge in [-0.3, -0.25) is 4.79 Å². The summed E-state index contributed by atoms with van der Waals surface area (Å²) in [5.74, 6) is 0.886. The Bertz CT molecular complexity index is 643. The van der Waals surface area contributed by atoms with Crippen molar-refractivity contribution in [2.75, 3.05) is 5.75 Å². The van der Waals surface area contributed by atoms with E-state index < -0.39 is 0 Å². The maximum atomic E-state index is 11.8. The molecule has 0 aliphatic carbocycles. The Labute approximate surface area is 149 Å². The summed E-state index contributed by atoms with van der Waals surface area (Å²) in [7, 11) is 0. The lowest BCUT2D eigenvalue weighted by molar-refractivity contribution is -0.118. The third-order valence-electron chi connectivity index (χ3n) is 2.98. The zero-order chi connectivity index (χ0) is 15.9. The molecule has 1 amide bonds. The van der Waals surface area contributed by atoms with Crippen LogP contribution in [0.25, 0.3) is 0 Å². The smallest absolute Gasteiger partial charge is 0.230 e. The standard InChI is InChI=1S/C16H14Cl3NOS/c17-13-5-2-1-4-11(13)8-20-16(21)10-22-9-12-14(18)6-3-7-15(12)19/h1-7H,8-10H2,(H,20,21). The van der Waals surface area contributed by atoms with Gasteiger partial charge < -0.3 is 5.32 Å². The second-order valence-corrected chi connectivity index (χ2v) is 6.77. The zero-order valence-corrected chi connectivity index (χ0v) is 14.7. The van der Waals surface area contributed by atoms with E-state index >= 15 is 0 Å². The number of thioether (sulfide) groups is 1. The number of rotatable bonds is 6. The van der Waals surface area contributed by atoms with Gasteiger partial charge in [-0.1, -0.05) is 59.1 Å². The highest BCUT2D eigenvalue weighted by Crippen LogP contribution is 2.28. The quantitative estimate of drug-likeness (QED) is 0.753. The molecule has 2 rings (SSSR count). The zero-order valence-electron chi connectivity index (χ0n) is 11.6. The molecule has 0 aromatic heterocycles. The summed E-state index contributed by atoms with van der Waals surface area (Å²) >= 11 is 19.7. The van der Waals surface area contributed by atoms with Gasteiger partial charge in [-0.25, -0.2) is 0 Å². The molecule has 0 atom stereocenters. The first-order valence-corrected chi connectivity index (χ1v) is 8.87. The summed E-state index contributed by atoms with van der Waals surface area (Å²) in [4.78, 5) is 11.8. The molecule has 0 bridgehead atoms. The molecule has 2 aromatic rings. The van der Waals surface area contributed by atoms with Crippen LogP contribution in [0.15, 0.2) is 42.5 Å². The van der Waals surface area contributed by atoms with Crippen molar-refractivity contribution in [3.8, 4) is 0 Å². The molecule has 0 unspecified atom stereocenters. The minimum atomic E-state index is -0.0481. The molecule has 0 fully saturated rings. The molecule has 0 aliphatic rings. The van der Waals surface area contributed by atoms with Crippen LogP contribution >= 0.6 is 46.6 Å². The molecule has 6 heteroatoms. The van der Waals surface area contributed by atoms with Gasteiger partial charge >= 0.3 is 0 Å². The van der Waals surface area contributed by atoms with E-state index in [-0.39, 0.29) is 5.91 Å². The fraction of sp³-hybridized carbons (Fsp3) is 0.188. The van der Waals surface area contributed by atoms with Gasteiger partial charge in [-0.15, -0.1) is 11.8 Å². The Kier molecular flexibility index (Phi) is 6.90. The van der Waals surface area contributed by atoms with Crippen LogP contribution in [0.2, 0.25) is 15.1 Å². The first kappa shape index (κ1) is 17.5. The highest BCUT2D eigenvalue weighted by Gasteiger charge is 2.08. The van der Waals surface area contributed by atoms with Crippen LogP contribution in [0.5, 0.6) is 0 Å². The second kappa shape index (κ2) is 8.68. The average molecular weight is 375 g/mol. The lowest BCUT2D eigenvalue weighted by atomic mass is 10.2. The number of hydrogen-bond donors (Lipinski definition) is 1. The van der Waals surface area contributed by atoms with Crippen LogP contribution in [-0.4, -0.2) is 11.7 Å². The fourth-order valence-electron chi connectivity index (χ4n) is 1.80. The van der Waals surface area contributed by atoms with Crippen molar-refractivity contribution < 1.29 is 4.79 Å². The lowest BCUT2D eigenvalue weighted by Gasteiger charge is -2.08. The Balaban J connectivity index is 1.78. The summed E-state index contributed by atoms with van der Waals surface area (Å²) in [5, 5.41) is 4.74. The van der Waals surface area contributed by atoms with Gasteiger partial charge in [0.15, 0.2) is 0 Å². The lowest BCUT2D eigenvalue weighted by Crippen LogP contribution is -2.24. The van der Waals surface area contributed by atoms with Crippen LogP contribution in [0.4, 0.5) is 0 Å². The van der Waals surface area contributed by atoms with Gasteiger partial charge in [0.1, 0.15) is 0 Å².